The molecule has 1 aromatic rings. The van der Waals surface area contributed by atoms with E-state index in [0.29, 0.717) is 5.56 Å². The Balaban J connectivity index is 2.65. The summed E-state index contributed by atoms with van der Waals surface area (Å²) in [5, 5.41) is 11.8. The van der Waals surface area contributed by atoms with Gasteiger partial charge < -0.3 is 20.9 Å². The highest BCUT2D eigenvalue weighted by Crippen LogP contribution is 2.17. The first-order valence-electron chi connectivity index (χ1n) is 5.78. The zero-order valence-corrected chi connectivity index (χ0v) is 10.9. The number of esters is 1. The lowest BCUT2D eigenvalue weighted by Crippen LogP contribution is -2.51. The molecule has 0 aliphatic heterocycles. The maximum Gasteiger partial charge on any atom is 0.336 e. The van der Waals surface area contributed by atoms with Gasteiger partial charge in [0.15, 0.2) is 6.10 Å². The van der Waals surface area contributed by atoms with Gasteiger partial charge in [-0.3, -0.25) is 4.79 Å². The van der Waals surface area contributed by atoms with Crippen LogP contribution >= 0.6 is 0 Å². The van der Waals surface area contributed by atoms with E-state index in [9.17, 15) is 14.7 Å². The molecule has 0 aliphatic carbocycles. The third-order valence-corrected chi connectivity index (χ3v) is 2.77. The summed E-state index contributed by atoms with van der Waals surface area (Å²) in [6.07, 6.45) is -1.40. The molecule has 0 aromatic heterocycles. The number of ether oxygens (including phenoxy) is 1. The van der Waals surface area contributed by atoms with E-state index in [-0.39, 0.29) is 6.54 Å². The summed E-state index contributed by atoms with van der Waals surface area (Å²) in [5.74, 6) is -1.29. The van der Waals surface area contributed by atoms with Crippen molar-refractivity contribution in [2.24, 2.45) is 5.73 Å². The van der Waals surface area contributed by atoms with Crippen LogP contribution in [0.2, 0.25) is 0 Å². The van der Waals surface area contributed by atoms with Crippen molar-refractivity contribution in [2.75, 3.05) is 13.7 Å². The third kappa shape index (κ3) is 3.77. The molecule has 19 heavy (non-hydrogen) atoms. The van der Waals surface area contributed by atoms with Crippen molar-refractivity contribution < 1.29 is 19.4 Å². The van der Waals surface area contributed by atoms with Crippen LogP contribution < -0.4 is 11.1 Å². The van der Waals surface area contributed by atoms with Crippen LogP contribution in [-0.2, 0) is 19.9 Å². The predicted octanol–water partition coefficient (Wildman–Crippen LogP) is -0.489. The molecule has 0 saturated heterocycles. The SMILES string of the molecule is COC(=O)C(O)CNC(=O)C(C)(N)c1ccccc1. The van der Waals surface area contributed by atoms with E-state index in [2.05, 4.69) is 10.1 Å². The first-order chi connectivity index (χ1) is 8.89. The fraction of sp³-hybridized carbons (Fsp3) is 0.385. The quantitative estimate of drug-likeness (QED) is 0.624. The van der Waals surface area contributed by atoms with Gasteiger partial charge in [-0.25, -0.2) is 4.79 Å². The van der Waals surface area contributed by atoms with Crippen molar-refractivity contribution in [3.63, 3.8) is 0 Å². The fourth-order valence-electron chi connectivity index (χ4n) is 1.51. The summed E-state index contributed by atoms with van der Waals surface area (Å²) < 4.78 is 4.34. The molecule has 104 valence electrons. The summed E-state index contributed by atoms with van der Waals surface area (Å²) in [5.41, 5.74) is 5.37. The Morgan fingerprint density at radius 1 is 1.42 bits per heavy atom. The smallest absolute Gasteiger partial charge is 0.336 e. The average Bonchev–Trinajstić information content (AvgIpc) is 2.44. The van der Waals surface area contributed by atoms with Gasteiger partial charge in [0.05, 0.1) is 13.7 Å². The van der Waals surface area contributed by atoms with Crippen LogP contribution in [-0.4, -0.2) is 36.7 Å². The predicted molar refractivity (Wildman–Crippen MR) is 69.0 cm³/mol. The molecule has 6 heteroatoms. The Bertz CT molecular complexity index is 445. The number of nitrogens with two attached hydrogens (primary N) is 1. The zero-order valence-electron chi connectivity index (χ0n) is 10.9. The number of methoxy groups -OCH3 is 1. The lowest BCUT2D eigenvalue weighted by atomic mass is 9.92. The number of carbonyl (C=O) groups excluding carboxylic acids is 2. The second-order valence-electron chi connectivity index (χ2n) is 4.32. The lowest BCUT2D eigenvalue weighted by Gasteiger charge is -2.24. The van der Waals surface area contributed by atoms with Gasteiger partial charge in [0.25, 0.3) is 0 Å². The Kier molecular flexibility index (Phi) is 5.02. The van der Waals surface area contributed by atoms with Crippen LogP contribution in [0, 0.1) is 0 Å². The van der Waals surface area contributed by atoms with Crippen LogP contribution in [0.5, 0.6) is 0 Å². The summed E-state index contributed by atoms with van der Waals surface area (Å²) in [6, 6.07) is 8.83. The second kappa shape index (κ2) is 6.31. The fourth-order valence-corrected chi connectivity index (χ4v) is 1.51. The minimum absolute atomic E-state index is 0.245. The van der Waals surface area contributed by atoms with Crippen LogP contribution in [0.1, 0.15) is 12.5 Å². The zero-order chi connectivity index (χ0) is 14.5. The van der Waals surface area contributed by atoms with E-state index >= 15 is 0 Å². The number of nitrogens with one attached hydrogen (secondary N) is 1. The van der Waals surface area contributed by atoms with Crippen LogP contribution in [0.15, 0.2) is 30.3 Å². The van der Waals surface area contributed by atoms with Gasteiger partial charge in [-0.05, 0) is 12.5 Å². The van der Waals surface area contributed by atoms with E-state index in [1.165, 1.54) is 0 Å². The number of benzene rings is 1. The molecule has 1 amide bonds. The molecule has 0 saturated carbocycles. The van der Waals surface area contributed by atoms with E-state index in [0.717, 1.165) is 7.11 Å². The van der Waals surface area contributed by atoms with Gasteiger partial charge in [-0.2, -0.15) is 0 Å². The van der Waals surface area contributed by atoms with Gasteiger partial charge >= 0.3 is 5.97 Å². The van der Waals surface area contributed by atoms with Gasteiger partial charge in [0, 0.05) is 0 Å². The molecule has 0 heterocycles. The maximum atomic E-state index is 12.0. The van der Waals surface area contributed by atoms with Crippen molar-refractivity contribution in [1.29, 1.82) is 0 Å². The summed E-state index contributed by atoms with van der Waals surface area (Å²) in [4.78, 5) is 23.0. The molecule has 0 radical (unpaired) electrons. The molecule has 0 aliphatic rings. The minimum atomic E-state index is -1.40. The third-order valence-electron chi connectivity index (χ3n) is 2.77. The van der Waals surface area contributed by atoms with E-state index < -0.39 is 23.5 Å². The Labute approximate surface area is 111 Å². The molecule has 1 rings (SSSR count). The molecule has 6 nitrogen and oxygen atoms in total. The van der Waals surface area contributed by atoms with Crippen LogP contribution in [0.25, 0.3) is 0 Å². The normalized spacial score (nSPS) is 15.2. The van der Waals surface area contributed by atoms with Gasteiger partial charge in [-0.15, -0.1) is 0 Å². The molecule has 0 bridgehead atoms. The Morgan fingerprint density at radius 2 is 2.00 bits per heavy atom. The standard InChI is InChI=1S/C13H18N2O4/c1-13(14,9-6-4-3-5-7-9)12(18)15-8-10(16)11(17)19-2/h3-7,10,16H,8,14H2,1-2H3,(H,15,18). The van der Waals surface area contributed by atoms with Crippen molar-refractivity contribution in [2.45, 2.75) is 18.6 Å². The van der Waals surface area contributed by atoms with Gasteiger partial charge in [0.2, 0.25) is 5.91 Å². The maximum absolute atomic E-state index is 12.0. The molecular formula is C13H18N2O4. The first-order valence-corrected chi connectivity index (χ1v) is 5.78. The summed E-state index contributed by atoms with van der Waals surface area (Å²) in [7, 11) is 1.16. The highest BCUT2D eigenvalue weighted by molar-refractivity contribution is 5.87. The minimum Gasteiger partial charge on any atom is -0.467 e. The largest absolute Gasteiger partial charge is 0.467 e. The average molecular weight is 266 g/mol. The van der Waals surface area contributed by atoms with Crippen molar-refractivity contribution in [3.8, 4) is 0 Å². The Morgan fingerprint density at radius 3 is 2.53 bits per heavy atom. The first kappa shape index (κ1) is 15.1. The molecule has 2 atom stereocenters. The van der Waals surface area contributed by atoms with E-state index in [4.69, 9.17) is 5.73 Å². The number of hydrogen-bond acceptors (Lipinski definition) is 5. The van der Waals surface area contributed by atoms with E-state index in [1.54, 1.807) is 31.2 Å². The van der Waals surface area contributed by atoms with Crippen LogP contribution in [0.3, 0.4) is 0 Å². The van der Waals surface area contributed by atoms with Crippen molar-refractivity contribution in [3.05, 3.63) is 35.9 Å². The second-order valence-corrected chi connectivity index (χ2v) is 4.32. The summed E-state index contributed by atoms with van der Waals surface area (Å²) >= 11 is 0. The van der Waals surface area contributed by atoms with E-state index in [1.807, 2.05) is 6.07 Å². The summed E-state index contributed by atoms with van der Waals surface area (Å²) in [6.45, 7) is 1.31. The van der Waals surface area contributed by atoms with Crippen molar-refractivity contribution >= 4 is 11.9 Å². The molecule has 0 fully saturated rings. The van der Waals surface area contributed by atoms with Gasteiger partial charge in [-0.1, -0.05) is 30.3 Å². The van der Waals surface area contributed by atoms with Crippen molar-refractivity contribution in [1.82, 2.24) is 5.32 Å². The topological polar surface area (TPSA) is 102 Å². The number of aliphatic hydroxyl groups is 1. The number of hydrogen-bond donors (Lipinski definition) is 3. The number of aliphatic hydroxyl groups excluding tert-OH is 1. The number of amides is 1. The molecule has 4 N–H and O–H groups in total. The molecule has 1 aromatic carbocycles. The number of rotatable bonds is 5. The van der Waals surface area contributed by atoms with Gasteiger partial charge in [0.1, 0.15) is 5.54 Å². The highest BCUT2D eigenvalue weighted by atomic mass is 16.5. The molecule has 2 unspecified atom stereocenters. The molecular weight excluding hydrogens is 248 g/mol. The Hall–Kier alpha value is -1.92. The highest BCUT2D eigenvalue weighted by Gasteiger charge is 2.31. The molecule has 0 spiro atoms. The lowest BCUT2D eigenvalue weighted by molar-refractivity contribution is -0.150. The number of carbonyl (C=O) groups is 2. The van der Waals surface area contributed by atoms with Crippen LogP contribution in [0.4, 0.5) is 0 Å². The monoisotopic (exact) mass is 266 g/mol.